The normalized spacial score (nSPS) is 15.2. The summed E-state index contributed by atoms with van der Waals surface area (Å²) in [5, 5.41) is 0. The van der Waals surface area contributed by atoms with E-state index in [-0.39, 0.29) is 12.2 Å². The Labute approximate surface area is 128 Å². The van der Waals surface area contributed by atoms with Gasteiger partial charge in [0.05, 0.1) is 0 Å². The van der Waals surface area contributed by atoms with Gasteiger partial charge in [0, 0.05) is 0 Å². The van der Waals surface area contributed by atoms with Gasteiger partial charge in [-0.05, 0) is 0 Å². The van der Waals surface area contributed by atoms with E-state index in [2.05, 4.69) is 13.8 Å². The molecule has 0 aromatic heterocycles. The first-order chi connectivity index (χ1) is 8.77. The predicted molar refractivity (Wildman–Crippen MR) is 81.8 cm³/mol. The summed E-state index contributed by atoms with van der Waals surface area (Å²) in [5.74, 6) is 0. The minimum absolute atomic E-state index is 0.111. The van der Waals surface area contributed by atoms with E-state index in [0.29, 0.717) is 0 Å². The Balaban J connectivity index is 6.43. The Morgan fingerprint density at radius 2 is 1.05 bits per heavy atom. The fourth-order valence-electron chi connectivity index (χ4n) is 3.05. The first kappa shape index (κ1) is 20.4. The summed E-state index contributed by atoms with van der Waals surface area (Å²) in [4.78, 5) is 0. The zero-order valence-corrected chi connectivity index (χ0v) is 16.9. The van der Waals surface area contributed by atoms with Crippen LogP contribution in [0.4, 0.5) is 0 Å². The van der Waals surface area contributed by atoms with Crippen LogP contribution in [-0.2, 0) is 26.0 Å². The molecule has 3 nitrogen and oxygen atoms in total. The van der Waals surface area contributed by atoms with Crippen LogP contribution in [0.5, 0.6) is 0 Å². The van der Waals surface area contributed by atoms with E-state index in [1.165, 1.54) is 0 Å². The molecule has 0 fully saturated rings. The standard InChI is InChI=1S/2C5H11.2C3H7O.O.Ti/c2*1-4-5(2)3;2*1-3(2)4;;/h2*4H2,1-3H3;2*3H,1-2H3;;/q;;2*-1;;+2. The van der Waals surface area contributed by atoms with Crippen molar-refractivity contribution in [3.63, 3.8) is 0 Å². The van der Waals surface area contributed by atoms with Crippen molar-refractivity contribution >= 4 is 0 Å². The molecule has 0 bridgehead atoms. The zero-order chi connectivity index (χ0) is 16.4. The van der Waals surface area contributed by atoms with Crippen molar-refractivity contribution in [2.24, 2.45) is 0 Å². The Kier molecular flexibility index (Phi) is 6.41. The second-order valence-electron chi connectivity index (χ2n) is 7.80. The summed E-state index contributed by atoms with van der Waals surface area (Å²) in [6, 6.07) is 0. The third kappa shape index (κ3) is 3.11. The van der Waals surface area contributed by atoms with Crippen LogP contribution in [-0.4, -0.2) is 12.2 Å². The second kappa shape index (κ2) is 6.28. The van der Waals surface area contributed by atoms with Gasteiger partial charge >= 0.3 is 128 Å². The molecular formula is C16H36O3Ti. The number of hydrogen-bond acceptors (Lipinski definition) is 3. The third-order valence-corrected chi connectivity index (χ3v) is 16.2. The van der Waals surface area contributed by atoms with E-state index in [1.54, 1.807) is 0 Å². The van der Waals surface area contributed by atoms with Crippen molar-refractivity contribution in [1.82, 2.24) is 0 Å². The van der Waals surface area contributed by atoms with Crippen LogP contribution < -0.4 is 0 Å². The maximum absolute atomic E-state index is 14.6. The Bertz CT molecular complexity index is 345. The molecule has 0 aliphatic rings. The first-order valence-electron chi connectivity index (χ1n) is 8.01. The maximum atomic E-state index is 14.6. The molecule has 0 rings (SSSR count). The van der Waals surface area contributed by atoms with E-state index in [0.717, 1.165) is 12.8 Å². The first-order valence-corrected chi connectivity index (χ1v) is 11.5. The molecule has 0 aromatic rings. The van der Waals surface area contributed by atoms with Gasteiger partial charge in [-0.2, -0.15) is 0 Å². The van der Waals surface area contributed by atoms with E-state index < -0.39 is 23.5 Å². The van der Waals surface area contributed by atoms with Gasteiger partial charge in [0.2, 0.25) is 0 Å². The fourth-order valence-corrected chi connectivity index (χ4v) is 12.6. The van der Waals surface area contributed by atoms with Crippen LogP contribution in [0.1, 0.15) is 82.1 Å². The molecule has 0 radical (unpaired) electrons. The molecule has 4 heteroatoms. The molecular weight excluding hydrogens is 288 g/mol. The molecule has 0 heterocycles. The van der Waals surface area contributed by atoms with Gasteiger partial charge in [0.15, 0.2) is 0 Å². The van der Waals surface area contributed by atoms with Gasteiger partial charge in [-0.1, -0.05) is 0 Å². The van der Waals surface area contributed by atoms with Crippen LogP contribution in [0.3, 0.4) is 0 Å². The SMILES string of the molecule is CC[C](C)(C)[Ti](=[O])([O]C(C)C)([O]C(C)C)[C](C)(C)CC. The molecule has 0 aliphatic heterocycles. The van der Waals surface area contributed by atoms with E-state index in [1.807, 2.05) is 55.4 Å². The van der Waals surface area contributed by atoms with Gasteiger partial charge in [-0.15, -0.1) is 0 Å². The van der Waals surface area contributed by atoms with Crippen molar-refractivity contribution in [3.05, 3.63) is 0 Å². The van der Waals surface area contributed by atoms with Gasteiger partial charge in [0.1, 0.15) is 0 Å². The average molecular weight is 324 g/mol. The van der Waals surface area contributed by atoms with Crippen molar-refractivity contribution in [1.29, 1.82) is 0 Å². The van der Waals surface area contributed by atoms with E-state index in [4.69, 9.17) is 6.64 Å². The van der Waals surface area contributed by atoms with E-state index >= 15 is 0 Å². The molecule has 0 atom stereocenters. The molecule has 0 spiro atoms. The topological polar surface area (TPSA) is 35.5 Å². The van der Waals surface area contributed by atoms with Crippen molar-refractivity contribution in [2.45, 2.75) is 102 Å². The average Bonchev–Trinajstić information content (AvgIpc) is 2.26. The van der Waals surface area contributed by atoms with Gasteiger partial charge < -0.3 is 0 Å². The zero-order valence-electron chi connectivity index (χ0n) is 15.3. The molecule has 122 valence electrons. The molecule has 0 unspecified atom stereocenters. The second-order valence-corrected chi connectivity index (χ2v) is 15.8. The molecule has 0 saturated carbocycles. The Morgan fingerprint density at radius 3 is 1.20 bits per heavy atom. The summed E-state index contributed by atoms with van der Waals surface area (Å²) in [7, 11) is 0. The summed E-state index contributed by atoms with van der Waals surface area (Å²) in [5.41, 5.74) is 0. The summed E-state index contributed by atoms with van der Waals surface area (Å²) in [6.07, 6.45) is 1.33. The number of hydrogen-bond donors (Lipinski definition) is 0. The van der Waals surface area contributed by atoms with Crippen molar-refractivity contribution in [3.8, 4) is 0 Å². The summed E-state index contributed by atoms with van der Waals surface area (Å²) in [6.45, 7) is 20.1. The van der Waals surface area contributed by atoms with Gasteiger partial charge in [-0.3, -0.25) is 0 Å². The van der Waals surface area contributed by atoms with Crippen LogP contribution in [0.2, 0.25) is 7.44 Å². The van der Waals surface area contributed by atoms with Crippen LogP contribution in [0, 0.1) is 0 Å². The Morgan fingerprint density at radius 1 is 0.800 bits per heavy atom. The monoisotopic (exact) mass is 324 g/mol. The molecule has 0 aliphatic carbocycles. The molecule has 0 aromatic carbocycles. The summed E-state index contributed by atoms with van der Waals surface area (Å²) >= 11 is -4.99. The molecule has 0 saturated heterocycles. The summed E-state index contributed by atoms with van der Waals surface area (Å²) < 4.78 is 26.1. The predicted octanol–water partition coefficient (Wildman–Crippen LogP) is 5.92. The molecule has 0 N–H and O–H groups in total. The van der Waals surface area contributed by atoms with Gasteiger partial charge in [-0.25, -0.2) is 0 Å². The quantitative estimate of drug-likeness (QED) is 0.520. The molecule has 0 amide bonds. The fraction of sp³-hybridized carbons (Fsp3) is 1.00. The number of rotatable bonds is 8. The third-order valence-electron chi connectivity index (χ3n) is 5.00. The minimum atomic E-state index is -4.99. The van der Waals surface area contributed by atoms with Crippen molar-refractivity contribution in [2.75, 3.05) is 0 Å². The van der Waals surface area contributed by atoms with Crippen LogP contribution in [0.25, 0.3) is 0 Å². The molecule has 20 heavy (non-hydrogen) atoms. The van der Waals surface area contributed by atoms with E-state index in [9.17, 15) is 3.32 Å². The van der Waals surface area contributed by atoms with Crippen LogP contribution in [0.15, 0.2) is 0 Å². The van der Waals surface area contributed by atoms with Gasteiger partial charge in [0.25, 0.3) is 0 Å². The van der Waals surface area contributed by atoms with Crippen LogP contribution >= 0.6 is 0 Å². The van der Waals surface area contributed by atoms with Crippen molar-refractivity contribution < 1.29 is 26.0 Å². The Hall–Kier alpha value is 0.434.